The maximum absolute atomic E-state index is 14.4. The first kappa shape index (κ1) is 38.4. The summed E-state index contributed by atoms with van der Waals surface area (Å²) in [5, 5.41) is 11.5. The van der Waals surface area contributed by atoms with Gasteiger partial charge in [-0.15, -0.1) is 0 Å². The third kappa shape index (κ3) is 7.53. The molecule has 0 bridgehead atoms. The smallest absolute Gasteiger partial charge is 0.308 e. The van der Waals surface area contributed by atoms with E-state index in [1.165, 1.54) is 0 Å². The summed E-state index contributed by atoms with van der Waals surface area (Å²) in [4.78, 5) is 13.8. The second kappa shape index (κ2) is 15.5. The number of anilines is 2. The number of halogens is 6. The van der Waals surface area contributed by atoms with E-state index in [0.29, 0.717) is 22.5 Å². The summed E-state index contributed by atoms with van der Waals surface area (Å²) in [6.45, 7) is 0. The number of para-hydroxylation sites is 1. The zero-order valence-electron chi connectivity index (χ0n) is 30.7. The first-order valence-electron chi connectivity index (χ1n) is 18.4. The van der Waals surface area contributed by atoms with Crippen molar-refractivity contribution in [2.75, 3.05) is 10.6 Å². The van der Waals surface area contributed by atoms with E-state index in [4.69, 9.17) is 0 Å². The van der Waals surface area contributed by atoms with Gasteiger partial charge in [0.2, 0.25) is 0 Å². The lowest BCUT2D eigenvalue weighted by Crippen LogP contribution is -2.34. The summed E-state index contributed by atoms with van der Waals surface area (Å²) in [6, 6.07) is 51.9. The Morgan fingerprint density at radius 1 is 0.483 bits per heavy atom. The molecule has 8 aromatic rings. The van der Waals surface area contributed by atoms with E-state index in [9.17, 15) is 31.1 Å². The van der Waals surface area contributed by atoms with Crippen LogP contribution in [-0.4, -0.2) is 6.03 Å². The van der Waals surface area contributed by atoms with Crippen LogP contribution in [0.2, 0.25) is 0 Å². The molecule has 8 rings (SSSR count). The first-order valence-corrected chi connectivity index (χ1v) is 20.3. The third-order valence-corrected chi connectivity index (χ3v) is 14.6. The lowest BCUT2D eigenvalue weighted by molar-refractivity contribution is -0.143. The number of hydrogen-bond acceptors (Lipinski definition) is 1. The highest BCUT2D eigenvalue weighted by Crippen LogP contribution is 2.61. The lowest BCUT2D eigenvalue weighted by Gasteiger charge is -2.31. The summed E-state index contributed by atoms with van der Waals surface area (Å²) < 4.78 is 86.6. The van der Waals surface area contributed by atoms with E-state index in [2.05, 4.69) is 10.6 Å². The van der Waals surface area contributed by atoms with Gasteiger partial charge < -0.3 is 10.6 Å². The second-order valence-corrected chi connectivity index (χ2v) is 17.3. The van der Waals surface area contributed by atoms with Gasteiger partial charge in [-0.25, -0.2) is 4.79 Å². The third-order valence-electron chi connectivity index (χ3n) is 10.2. The molecule has 0 heterocycles. The minimum atomic E-state index is -5.03. The van der Waals surface area contributed by atoms with Gasteiger partial charge in [0.05, 0.1) is 23.0 Å². The highest BCUT2D eigenvalue weighted by molar-refractivity contribution is 7.95. The molecule has 8 aromatic carbocycles. The largest absolute Gasteiger partial charge is 0.416 e. The van der Waals surface area contributed by atoms with E-state index in [1.807, 2.05) is 140 Å². The van der Waals surface area contributed by atoms with Crippen molar-refractivity contribution in [3.63, 3.8) is 0 Å². The normalized spacial score (nSPS) is 12.1. The molecule has 0 unspecified atom stereocenters. The fourth-order valence-corrected chi connectivity index (χ4v) is 12.2. The van der Waals surface area contributed by atoms with Gasteiger partial charge >= 0.3 is 18.4 Å². The van der Waals surface area contributed by atoms with Crippen LogP contribution in [0.15, 0.2) is 182 Å². The molecule has 0 radical (unpaired) electrons. The number of alkyl halides is 6. The molecule has 0 saturated heterocycles. The Morgan fingerprint density at radius 3 is 1.48 bits per heavy atom. The summed E-state index contributed by atoms with van der Waals surface area (Å²) in [5.74, 6) is 0. The summed E-state index contributed by atoms with van der Waals surface area (Å²) in [6.07, 6.45) is -10.2. The number of urea groups is 1. The molecular weight excluding hydrogens is 766 g/mol. The SMILES string of the molecule is O=C(Nc1ccccc1)Nc1ccc2ccccc2c1-c1c([P+](Cc2cc(C(F)(F)F)cc(C(F)(F)F)c2)(c2ccccc2)c2ccccc2)ccc2ccccc12. The topological polar surface area (TPSA) is 41.1 Å². The van der Waals surface area contributed by atoms with Crippen molar-refractivity contribution in [2.45, 2.75) is 18.5 Å². The Kier molecular flexibility index (Phi) is 10.3. The van der Waals surface area contributed by atoms with Crippen molar-refractivity contribution in [1.29, 1.82) is 0 Å². The van der Waals surface area contributed by atoms with Crippen molar-refractivity contribution in [3.05, 3.63) is 199 Å². The van der Waals surface area contributed by atoms with Gasteiger partial charge in [-0.1, -0.05) is 115 Å². The molecule has 58 heavy (non-hydrogen) atoms. The highest BCUT2D eigenvalue weighted by Gasteiger charge is 2.49. The summed E-state index contributed by atoms with van der Waals surface area (Å²) in [5.41, 5.74) is -0.465. The molecule has 288 valence electrons. The highest BCUT2D eigenvalue weighted by atomic mass is 31.2. The standard InChI is InChI=1S/C48H33F6N2OP/c49-47(50,51)35-28-32(29-36(30-35)48(52,53)54)31-58(38-18-6-2-7-19-38,39-20-8-3-9-21-39)43-27-25-34-15-11-13-23-41(34)45(43)44-40-22-12-10-14-33(40)24-26-42(44)56-46(57)55-37-16-4-1-5-17-37/h1-30H,31H2,(H-,55,56,57)/p+1. The van der Waals surface area contributed by atoms with Crippen LogP contribution in [0.3, 0.4) is 0 Å². The molecule has 3 nitrogen and oxygen atoms in total. The van der Waals surface area contributed by atoms with Crippen LogP contribution in [0, 0.1) is 0 Å². The van der Waals surface area contributed by atoms with Crippen LogP contribution in [-0.2, 0) is 18.5 Å². The fraction of sp³-hybridized carbons (Fsp3) is 0.0625. The molecule has 2 amide bonds. The van der Waals surface area contributed by atoms with E-state index >= 15 is 0 Å². The van der Waals surface area contributed by atoms with Gasteiger partial charge in [0, 0.05) is 16.8 Å². The van der Waals surface area contributed by atoms with Gasteiger partial charge in [0.25, 0.3) is 0 Å². The number of fused-ring (bicyclic) bond motifs is 2. The van der Waals surface area contributed by atoms with Gasteiger partial charge in [-0.05, 0) is 93.8 Å². The molecule has 2 N–H and O–H groups in total. The maximum Gasteiger partial charge on any atom is 0.416 e. The van der Waals surface area contributed by atoms with Crippen molar-refractivity contribution < 1.29 is 31.1 Å². The second-order valence-electron chi connectivity index (χ2n) is 13.9. The Balaban J connectivity index is 1.49. The number of amides is 2. The molecule has 0 spiro atoms. The molecule has 0 fully saturated rings. The number of benzene rings is 8. The van der Waals surface area contributed by atoms with Gasteiger partial charge in [0.15, 0.2) is 0 Å². The minimum Gasteiger partial charge on any atom is -0.308 e. The number of nitrogens with one attached hydrogen (secondary N) is 2. The molecule has 0 aliphatic heterocycles. The molecule has 0 aliphatic carbocycles. The zero-order chi connectivity index (χ0) is 40.5. The Hall–Kier alpha value is -6.44. The number of rotatable bonds is 8. The fourth-order valence-electron chi connectivity index (χ4n) is 7.74. The molecule has 0 saturated carbocycles. The van der Waals surface area contributed by atoms with E-state index in [-0.39, 0.29) is 17.8 Å². The number of carbonyl (C=O) groups is 1. The molecule has 0 aromatic heterocycles. The van der Waals surface area contributed by atoms with Gasteiger partial charge in [0.1, 0.15) is 23.2 Å². The van der Waals surface area contributed by atoms with Crippen LogP contribution < -0.4 is 26.5 Å². The van der Waals surface area contributed by atoms with E-state index in [0.717, 1.165) is 49.6 Å². The Bertz CT molecular complexity index is 2680. The Morgan fingerprint density at radius 2 is 0.948 bits per heavy atom. The molecular formula is C48H34F6N2OP+. The quantitative estimate of drug-likeness (QED) is 0.117. The van der Waals surface area contributed by atoms with Crippen LogP contribution in [0.5, 0.6) is 0 Å². The van der Waals surface area contributed by atoms with Crippen LogP contribution in [0.4, 0.5) is 42.5 Å². The average Bonchev–Trinajstić information content (AvgIpc) is 3.23. The van der Waals surface area contributed by atoms with E-state index in [1.54, 1.807) is 24.3 Å². The number of carbonyl (C=O) groups excluding carboxylic acids is 1. The Labute approximate surface area is 331 Å². The van der Waals surface area contributed by atoms with Crippen molar-refractivity contribution in [3.8, 4) is 11.1 Å². The van der Waals surface area contributed by atoms with Crippen LogP contribution >= 0.6 is 7.26 Å². The van der Waals surface area contributed by atoms with Crippen LogP contribution in [0.25, 0.3) is 32.7 Å². The zero-order valence-corrected chi connectivity index (χ0v) is 31.5. The van der Waals surface area contributed by atoms with Crippen molar-refractivity contribution in [2.24, 2.45) is 0 Å². The minimum absolute atomic E-state index is 0.110. The molecule has 0 atom stereocenters. The summed E-state index contributed by atoms with van der Waals surface area (Å²) in [7, 11) is -3.28. The van der Waals surface area contributed by atoms with Crippen LogP contribution in [0.1, 0.15) is 16.7 Å². The summed E-state index contributed by atoms with van der Waals surface area (Å²) >= 11 is 0. The average molecular weight is 800 g/mol. The van der Waals surface area contributed by atoms with Gasteiger partial charge in [-0.3, -0.25) is 0 Å². The molecule has 10 heteroatoms. The maximum atomic E-state index is 14.4. The van der Waals surface area contributed by atoms with Crippen molar-refractivity contribution >= 4 is 62.1 Å². The van der Waals surface area contributed by atoms with Crippen molar-refractivity contribution in [1.82, 2.24) is 0 Å². The monoisotopic (exact) mass is 799 g/mol. The predicted octanol–water partition coefficient (Wildman–Crippen LogP) is 12.8. The van der Waals surface area contributed by atoms with Gasteiger partial charge in [-0.2, -0.15) is 26.3 Å². The first-order chi connectivity index (χ1) is 27.9. The molecule has 0 aliphatic rings. The lowest BCUT2D eigenvalue weighted by atomic mass is 9.92. The predicted molar refractivity (Wildman–Crippen MR) is 225 cm³/mol. The van der Waals surface area contributed by atoms with E-state index < -0.39 is 36.8 Å². The number of hydrogen-bond donors (Lipinski definition) is 2.